The minimum absolute atomic E-state index is 0.181. The van der Waals surface area contributed by atoms with Gasteiger partial charge in [0.25, 0.3) is 0 Å². The molecular formula is C30H25N4O6S2-. The zero-order chi connectivity index (χ0) is 30.0. The topological polar surface area (TPSA) is 157 Å². The van der Waals surface area contributed by atoms with E-state index >= 15 is 0 Å². The van der Waals surface area contributed by atoms with Gasteiger partial charge >= 0.3 is 12.1 Å². The Balaban J connectivity index is 1.23. The number of carbonyl (C=O) groups is 2. The number of anilines is 4. The molecule has 0 aromatic heterocycles. The summed E-state index contributed by atoms with van der Waals surface area (Å²) >= 11 is -2.33. The molecule has 0 radical (unpaired) electrons. The van der Waals surface area contributed by atoms with Gasteiger partial charge < -0.3 is 25.8 Å². The van der Waals surface area contributed by atoms with E-state index in [0.717, 1.165) is 33.4 Å². The van der Waals surface area contributed by atoms with Gasteiger partial charge in [0.2, 0.25) is 0 Å². The summed E-state index contributed by atoms with van der Waals surface area (Å²) in [6.07, 6.45) is 1.15. The van der Waals surface area contributed by atoms with E-state index in [2.05, 4.69) is 21.3 Å². The summed E-state index contributed by atoms with van der Waals surface area (Å²) in [6, 6.07) is 23.9. The Kier molecular flexibility index (Phi) is 7.94. The molecule has 12 heteroatoms. The van der Waals surface area contributed by atoms with Gasteiger partial charge in [-0.15, -0.1) is 0 Å². The van der Waals surface area contributed by atoms with Gasteiger partial charge in [-0.05, 0) is 106 Å². The van der Waals surface area contributed by atoms with Crippen molar-refractivity contribution in [2.75, 3.05) is 27.5 Å². The van der Waals surface area contributed by atoms with Crippen molar-refractivity contribution in [3.63, 3.8) is 0 Å². The molecule has 0 fully saturated rings. The molecule has 0 spiro atoms. The van der Waals surface area contributed by atoms with Crippen LogP contribution in [0, 0.1) is 6.92 Å². The Hall–Kier alpha value is -4.78. The molecule has 0 heterocycles. The Bertz CT molecular complexity index is 2010. The van der Waals surface area contributed by atoms with Gasteiger partial charge in [-0.25, -0.2) is 18.0 Å². The summed E-state index contributed by atoms with van der Waals surface area (Å²) in [5, 5.41) is 14.0. The lowest BCUT2D eigenvalue weighted by Crippen LogP contribution is -2.21. The quantitative estimate of drug-likeness (QED) is 0.169. The van der Waals surface area contributed by atoms with Crippen molar-refractivity contribution in [2.45, 2.75) is 16.7 Å². The number of hydrogen-bond donors (Lipinski definition) is 4. The maximum Gasteiger partial charge on any atom is 0.323 e. The highest BCUT2D eigenvalue weighted by Gasteiger charge is 2.11. The SMILES string of the molecule is Cc1ccc(NC(=O)Nc2ccc3cc(S(=O)[O-])ccc3c2)cc1NC(=O)Nc1ccc2cc(S(C)(=O)=O)ccc2c1. The van der Waals surface area contributed by atoms with E-state index < -0.39 is 33.0 Å². The fourth-order valence-corrected chi connectivity index (χ4v) is 5.41. The minimum atomic E-state index is -3.33. The van der Waals surface area contributed by atoms with Gasteiger partial charge in [0.1, 0.15) is 0 Å². The summed E-state index contributed by atoms with van der Waals surface area (Å²) in [6.45, 7) is 1.82. The van der Waals surface area contributed by atoms with Crippen LogP contribution < -0.4 is 21.3 Å². The molecule has 4 amide bonds. The number of fused-ring (bicyclic) bond motifs is 2. The van der Waals surface area contributed by atoms with Crippen LogP contribution in [-0.4, -0.2) is 35.5 Å². The van der Waals surface area contributed by atoms with Gasteiger partial charge in [-0.1, -0.05) is 30.3 Å². The lowest BCUT2D eigenvalue weighted by Gasteiger charge is -2.14. The van der Waals surface area contributed by atoms with Gasteiger partial charge in [-0.2, -0.15) is 0 Å². The maximum atomic E-state index is 12.8. The van der Waals surface area contributed by atoms with Crippen molar-refractivity contribution < 1.29 is 26.8 Å². The molecule has 0 saturated heterocycles. The highest BCUT2D eigenvalue weighted by molar-refractivity contribution is 7.90. The molecule has 1 unspecified atom stereocenters. The molecule has 4 N–H and O–H groups in total. The monoisotopic (exact) mass is 601 g/mol. The van der Waals surface area contributed by atoms with Crippen LogP contribution in [0.5, 0.6) is 0 Å². The molecule has 5 aromatic carbocycles. The van der Waals surface area contributed by atoms with E-state index in [0.29, 0.717) is 22.7 Å². The first-order chi connectivity index (χ1) is 19.9. The van der Waals surface area contributed by atoms with Crippen LogP contribution >= 0.6 is 0 Å². The van der Waals surface area contributed by atoms with Crippen molar-refractivity contribution in [3.05, 3.63) is 96.6 Å². The van der Waals surface area contributed by atoms with Gasteiger partial charge in [0.05, 0.1) is 4.90 Å². The van der Waals surface area contributed by atoms with Gasteiger partial charge in [-0.3, -0.25) is 4.21 Å². The van der Waals surface area contributed by atoms with Crippen molar-refractivity contribution >= 4 is 77.3 Å². The lowest BCUT2D eigenvalue weighted by atomic mass is 10.1. The highest BCUT2D eigenvalue weighted by Crippen LogP contribution is 2.25. The average molecular weight is 602 g/mol. The van der Waals surface area contributed by atoms with Crippen molar-refractivity contribution in [3.8, 4) is 0 Å². The fourth-order valence-electron chi connectivity index (χ4n) is 4.35. The molecule has 0 bridgehead atoms. The first-order valence-electron chi connectivity index (χ1n) is 12.6. The molecule has 5 aromatic rings. The third kappa shape index (κ3) is 6.74. The number of sulfone groups is 1. The van der Waals surface area contributed by atoms with Crippen LogP contribution in [0.25, 0.3) is 21.5 Å². The summed E-state index contributed by atoms with van der Waals surface area (Å²) in [4.78, 5) is 25.8. The van der Waals surface area contributed by atoms with Crippen LogP contribution in [0.4, 0.5) is 32.3 Å². The Morgan fingerprint density at radius 3 is 1.71 bits per heavy atom. The molecule has 1 atom stereocenters. The number of amides is 4. The molecule has 0 aliphatic rings. The van der Waals surface area contributed by atoms with Crippen LogP contribution in [0.15, 0.2) is 101 Å². The third-order valence-electron chi connectivity index (χ3n) is 6.50. The van der Waals surface area contributed by atoms with Crippen LogP contribution in [0.2, 0.25) is 0 Å². The van der Waals surface area contributed by atoms with E-state index in [4.69, 9.17) is 0 Å². The van der Waals surface area contributed by atoms with E-state index in [9.17, 15) is 26.8 Å². The smallest absolute Gasteiger partial charge is 0.323 e. The number of hydrogen-bond acceptors (Lipinski definition) is 6. The van der Waals surface area contributed by atoms with Crippen molar-refractivity contribution in [2.24, 2.45) is 0 Å². The summed E-state index contributed by atoms with van der Waals surface area (Å²) in [5.41, 5.74) is 2.75. The zero-order valence-corrected chi connectivity index (χ0v) is 24.1. The predicted molar refractivity (Wildman–Crippen MR) is 165 cm³/mol. The second-order valence-electron chi connectivity index (χ2n) is 9.64. The highest BCUT2D eigenvalue weighted by atomic mass is 32.2. The third-order valence-corrected chi connectivity index (χ3v) is 8.25. The fraction of sp³-hybridized carbons (Fsp3) is 0.0667. The summed E-state index contributed by atoms with van der Waals surface area (Å²) in [7, 11) is -3.33. The van der Waals surface area contributed by atoms with E-state index in [1.54, 1.807) is 78.9 Å². The molecule has 214 valence electrons. The van der Waals surface area contributed by atoms with Crippen molar-refractivity contribution in [1.29, 1.82) is 0 Å². The van der Waals surface area contributed by atoms with E-state index in [-0.39, 0.29) is 9.79 Å². The molecule has 0 aliphatic heterocycles. The summed E-state index contributed by atoms with van der Waals surface area (Å²) < 4.78 is 46.0. The minimum Gasteiger partial charge on any atom is -0.768 e. The predicted octanol–water partition coefficient (Wildman–Crippen LogP) is 6.23. The van der Waals surface area contributed by atoms with Crippen LogP contribution in [0.1, 0.15) is 5.56 Å². The van der Waals surface area contributed by atoms with Crippen LogP contribution in [-0.2, 0) is 20.9 Å². The standard InChI is InChI=1S/C30H26N4O6S2/c1-18-3-8-25(33-29(35)31-23-9-4-21-15-26(41(37)38)11-6-19(21)13-23)17-28(18)34-30(36)32-24-10-5-22-16-27(42(2,39)40)12-7-20(22)14-24/h3-17H,1-2H3,(H,37,38)(H2,31,33,35)(H2,32,34,36)/p-1. The number of aryl methyl sites for hydroxylation is 1. The molecular weight excluding hydrogens is 576 g/mol. The molecule has 5 rings (SSSR count). The Morgan fingerprint density at radius 1 is 0.643 bits per heavy atom. The van der Waals surface area contributed by atoms with Crippen LogP contribution in [0.3, 0.4) is 0 Å². The number of urea groups is 2. The number of nitrogens with one attached hydrogen (secondary N) is 4. The average Bonchev–Trinajstić information content (AvgIpc) is 2.93. The number of benzene rings is 5. The first kappa shape index (κ1) is 28.7. The maximum absolute atomic E-state index is 12.8. The lowest BCUT2D eigenvalue weighted by molar-refractivity contribution is 0.261. The molecule has 42 heavy (non-hydrogen) atoms. The normalized spacial score (nSPS) is 12.1. The first-order valence-corrected chi connectivity index (χ1v) is 15.5. The molecule has 10 nitrogen and oxygen atoms in total. The van der Waals surface area contributed by atoms with Gasteiger partial charge in [0, 0.05) is 33.9 Å². The zero-order valence-electron chi connectivity index (χ0n) is 22.4. The second kappa shape index (κ2) is 11.6. The largest absolute Gasteiger partial charge is 0.768 e. The van der Waals surface area contributed by atoms with Gasteiger partial charge in [0.15, 0.2) is 9.84 Å². The molecule has 0 saturated carbocycles. The number of carbonyl (C=O) groups excluding carboxylic acids is 2. The Morgan fingerprint density at radius 2 is 1.12 bits per heavy atom. The summed E-state index contributed by atoms with van der Waals surface area (Å²) in [5.74, 6) is 0. The molecule has 0 aliphatic carbocycles. The Labute approximate surface area is 244 Å². The second-order valence-corrected chi connectivity index (χ2v) is 12.6. The van der Waals surface area contributed by atoms with E-state index in [1.807, 2.05) is 6.92 Å². The van der Waals surface area contributed by atoms with Crippen molar-refractivity contribution in [1.82, 2.24) is 0 Å². The number of rotatable bonds is 6. The van der Waals surface area contributed by atoms with E-state index in [1.165, 1.54) is 12.1 Å².